The molecule has 0 spiro atoms. The lowest BCUT2D eigenvalue weighted by Gasteiger charge is -2.32. The van der Waals surface area contributed by atoms with E-state index < -0.39 is 0 Å². The minimum atomic E-state index is -0.365. The first kappa shape index (κ1) is 17.4. The Morgan fingerprint density at radius 1 is 1.20 bits per heavy atom. The standard InChI is InChI=1S/C18H16ClFN2O3/c19-13-3-1-12(2-4-13)18(24)21-9-16-10-22(17(23)11-25-16)15-7-5-14(20)6-8-15/h1-8,16H,9-11H2,(H,21,24). The van der Waals surface area contributed by atoms with E-state index in [9.17, 15) is 14.0 Å². The molecular weight excluding hydrogens is 347 g/mol. The molecule has 1 atom stereocenters. The fourth-order valence-electron chi connectivity index (χ4n) is 2.53. The molecule has 0 saturated carbocycles. The number of hydrogen-bond donors (Lipinski definition) is 1. The van der Waals surface area contributed by atoms with Crippen LogP contribution in [0, 0.1) is 5.82 Å². The maximum atomic E-state index is 13.0. The maximum Gasteiger partial charge on any atom is 0.253 e. The van der Waals surface area contributed by atoms with E-state index in [4.69, 9.17) is 16.3 Å². The Morgan fingerprint density at radius 2 is 1.88 bits per heavy atom. The number of amides is 2. The molecule has 130 valence electrons. The molecule has 1 aliphatic heterocycles. The average Bonchev–Trinajstić information content (AvgIpc) is 2.62. The van der Waals surface area contributed by atoms with Crippen LogP contribution in [0.1, 0.15) is 10.4 Å². The molecule has 0 bridgehead atoms. The van der Waals surface area contributed by atoms with Crippen LogP contribution in [0.2, 0.25) is 5.02 Å². The molecule has 2 aromatic carbocycles. The quantitative estimate of drug-likeness (QED) is 0.909. The molecule has 1 saturated heterocycles. The van der Waals surface area contributed by atoms with Gasteiger partial charge in [-0.1, -0.05) is 11.6 Å². The van der Waals surface area contributed by atoms with Crippen LogP contribution in [-0.2, 0) is 9.53 Å². The highest BCUT2D eigenvalue weighted by atomic mass is 35.5. The predicted molar refractivity (Wildman–Crippen MR) is 92.3 cm³/mol. The molecule has 2 amide bonds. The van der Waals surface area contributed by atoms with Gasteiger partial charge in [0.15, 0.2) is 0 Å². The summed E-state index contributed by atoms with van der Waals surface area (Å²) in [4.78, 5) is 25.7. The van der Waals surface area contributed by atoms with E-state index in [1.54, 1.807) is 36.4 Å². The van der Waals surface area contributed by atoms with Gasteiger partial charge in [0.1, 0.15) is 12.4 Å². The highest BCUT2D eigenvalue weighted by Gasteiger charge is 2.27. The zero-order valence-electron chi connectivity index (χ0n) is 13.2. The lowest BCUT2D eigenvalue weighted by molar-refractivity contribution is -0.129. The summed E-state index contributed by atoms with van der Waals surface area (Å²) in [6, 6.07) is 12.2. The smallest absolute Gasteiger partial charge is 0.253 e. The van der Waals surface area contributed by atoms with Crippen LogP contribution >= 0.6 is 11.6 Å². The summed E-state index contributed by atoms with van der Waals surface area (Å²) in [7, 11) is 0. The van der Waals surface area contributed by atoms with Crippen LogP contribution in [0.4, 0.5) is 10.1 Å². The number of benzene rings is 2. The van der Waals surface area contributed by atoms with Crippen molar-refractivity contribution in [2.24, 2.45) is 0 Å². The number of rotatable bonds is 4. The van der Waals surface area contributed by atoms with Crippen molar-refractivity contribution in [3.63, 3.8) is 0 Å². The number of hydrogen-bond acceptors (Lipinski definition) is 3. The average molecular weight is 363 g/mol. The Kier molecular flexibility index (Phi) is 5.31. The number of anilines is 1. The fourth-order valence-corrected chi connectivity index (χ4v) is 2.65. The summed E-state index contributed by atoms with van der Waals surface area (Å²) in [6.45, 7) is 0.455. The van der Waals surface area contributed by atoms with E-state index in [0.29, 0.717) is 16.3 Å². The second kappa shape index (κ2) is 7.63. The van der Waals surface area contributed by atoms with E-state index in [1.807, 2.05) is 0 Å². The lowest BCUT2D eigenvalue weighted by atomic mass is 10.2. The highest BCUT2D eigenvalue weighted by molar-refractivity contribution is 6.30. The van der Waals surface area contributed by atoms with Crippen molar-refractivity contribution in [1.29, 1.82) is 0 Å². The largest absolute Gasteiger partial charge is 0.365 e. The molecule has 3 rings (SSSR count). The molecule has 7 heteroatoms. The van der Waals surface area contributed by atoms with Gasteiger partial charge in [-0.15, -0.1) is 0 Å². The van der Waals surface area contributed by atoms with Gasteiger partial charge in [-0.2, -0.15) is 0 Å². The number of carbonyl (C=O) groups is 2. The minimum absolute atomic E-state index is 0.0845. The Balaban J connectivity index is 1.59. The van der Waals surface area contributed by atoms with Crippen molar-refractivity contribution in [3.8, 4) is 0 Å². The van der Waals surface area contributed by atoms with Gasteiger partial charge in [0.05, 0.1) is 12.6 Å². The third-order valence-electron chi connectivity index (χ3n) is 3.86. The van der Waals surface area contributed by atoms with Gasteiger partial charge in [0.2, 0.25) is 0 Å². The summed E-state index contributed by atoms with van der Waals surface area (Å²) in [5, 5.41) is 3.34. The van der Waals surface area contributed by atoms with E-state index in [-0.39, 0.29) is 43.4 Å². The van der Waals surface area contributed by atoms with Crippen molar-refractivity contribution in [2.45, 2.75) is 6.10 Å². The molecule has 1 unspecified atom stereocenters. The van der Waals surface area contributed by atoms with E-state index in [1.165, 1.54) is 17.0 Å². The van der Waals surface area contributed by atoms with Gasteiger partial charge >= 0.3 is 0 Å². The number of halogens is 2. The molecule has 0 aliphatic carbocycles. The highest BCUT2D eigenvalue weighted by Crippen LogP contribution is 2.19. The van der Waals surface area contributed by atoms with Crippen molar-refractivity contribution in [2.75, 3.05) is 24.6 Å². The van der Waals surface area contributed by atoms with Crippen molar-refractivity contribution >= 4 is 29.1 Å². The van der Waals surface area contributed by atoms with Gasteiger partial charge in [-0.05, 0) is 48.5 Å². The first-order valence-electron chi connectivity index (χ1n) is 7.74. The van der Waals surface area contributed by atoms with Crippen LogP contribution in [0.5, 0.6) is 0 Å². The molecule has 1 fully saturated rings. The Bertz CT molecular complexity index is 765. The van der Waals surface area contributed by atoms with Crippen LogP contribution in [-0.4, -0.2) is 37.6 Å². The first-order valence-corrected chi connectivity index (χ1v) is 8.12. The molecule has 0 radical (unpaired) electrons. The third-order valence-corrected chi connectivity index (χ3v) is 4.12. The van der Waals surface area contributed by atoms with Crippen LogP contribution in [0.25, 0.3) is 0 Å². The van der Waals surface area contributed by atoms with Crippen molar-refractivity contribution in [3.05, 3.63) is 64.9 Å². The number of ether oxygens (including phenoxy) is 1. The van der Waals surface area contributed by atoms with Gasteiger partial charge in [0, 0.05) is 22.8 Å². The van der Waals surface area contributed by atoms with E-state index in [2.05, 4.69) is 5.32 Å². The normalized spacial score (nSPS) is 17.4. The number of nitrogens with one attached hydrogen (secondary N) is 1. The molecule has 2 aromatic rings. The summed E-state index contributed by atoms with van der Waals surface area (Å²) in [6.07, 6.45) is -0.348. The molecule has 25 heavy (non-hydrogen) atoms. The van der Waals surface area contributed by atoms with Crippen molar-refractivity contribution < 1.29 is 18.7 Å². The fraction of sp³-hybridized carbons (Fsp3) is 0.222. The molecule has 1 N–H and O–H groups in total. The summed E-state index contributed by atoms with van der Waals surface area (Å²) < 4.78 is 18.5. The van der Waals surface area contributed by atoms with Crippen LogP contribution in [0.15, 0.2) is 48.5 Å². The third kappa shape index (κ3) is 4.35. The Morgan fingerprint density at radius 3 is 2.56 bits per heavy atom. The molecule has 1 heterocycles. The van der Waals surface area contributed by atoms with E-state index >= 15 is 0 Å². The van der Waals surface area contributed by atoms with Crippen LogP contribution in [0.3, 0.4) is 0 Å². The van der Waals surface area contributed by atoms with Gasteiger partial charge in [0.25, 0.3) is 11.8 Å². The van der Waals surface area contributed by atoms with Crippen molar-refractivity contribution in [1.82, 2.24) is 5.32 Å². The second-order valence-corrected chi connectivity index (χ2v) is 6.07. The van der Waals surface area contributed by atoms with Gasteiger partial charge in [-0.25, -0.2) is 4.39 Å². The topological polar surface area (TPSA) is 58.6 Å². The van der Waals surface area contributed by atoms with Gasteiger partial charge in [-0.3, -0.25) is 9.59 Å². The van der Waals surface area contributed by atoms with Gasteiger partial charge < -0.3 is 15.0 Å². The SMILES string of the molecule is O=C(NCC1CN(c2ccc(F)cc2)C(=O)CO1)c1ccc(Cl)cc1. The lowest BCUT2D eigenvalue weighted by Crippen LogP contribution is -2.50. The predicted octanol–water partition coefficient (Wildman–Crippen LogP) is 2.64. The minimum Gasteiger partial charge on any atom is -0.365 e. The molecule has 0 aromatic heterocycles. The molecular formula is C18H16ClFN2O3. The summed E-state index contributed by atoms with van der Waals surface area (Å²) >= 11 is 5.80. The monoisotopic (exact) mass is 362 g/mol. The maximum absolute atomic E-state index is 13.0. The second-order valence-electron chi connectivity index (χ2n) is 5.63. The zero-order valence-corrected chi connectivity index (χ0v) is 14.0. The summed E-state index contributed by atoms with van der Waals surface area (Å²) in [5.74, 6) is -0.811. The van der Waals surface area contributed by atoms with Crippen LogP contribution < -0.4 is 10.2 Å². The molecule has 5 nitrogen and oxygen atoms in total. The zero-order chi connectivity index (χ0) is 17.8. The Labute approximate surface area is 149 Å². The first-order chi connectivity index (χ1) is 12.0. The van der Waals surface area contributed by atoms with E-state index in [0.717, 1.165) is 0 Å². The number of morpholine rings is 1. The molecule has 1 aliphatic rings. The number of nitrogens with zero attached hydrogens (tertiary/aromatic N) is 1. The summed E-state index contributed by atoms with van der Waals surface area (Å²) in [5.41, 5.74) is 1.09. The number of carbonyl (C=O) groups excluding carboxylic acids is 2. The Hall–Kier alpha value is -2.44.